The Balaban J connectivity index is 2.96. The summed E-state index contributed by atoms with van der Waals surface area (Å²) in [6.07, 6.45) is 0. The maximum atomic E-state index is 11.7. The Morgan fingerprint density at radius 1 is 1.19 bits per heavy atom. The molecule has 0 fully saturated rings. The van der Waals surface area contributed by atoms with Gasteiger partial charge in [0, 0.05) is 4.47 Å². The molecule has 0 aliphatic carbocycles. The number of benzene rings is 1. The topological polar surface area (TPSA) is 26.3 Å². The van der Waals surface area contributed by atoms with Crippen LogP contribution in [-0.2, 0) is 4.79 Å². The number of aryl methyl sites for hydroxylation is 2. The van der Waals surface area contributed by atoms with E-state index in [1.165, 1.54) is 0 Å². The highest BCUT2D eigenvalue weighted by Crippen LogP contribution is 2.27. The fraction of sp³-hybridized carbons (Fsp3) is 0.462. The first kappa shape index (κ1) is 13.2. The van der Waals surface area contributed by atoms with E-state index in [9.17, 15) is 4.79 Å². The van der Waals surface area contributed by atoms with Crippen molar-refractivity contribution in [2.75, 3.05) is 0 Å². The molecule has 0 spiro atoms. The minimum Gasteiger partial charge on any atom is -0.426 e. The Bertz CT molecular complexity index is 393. The number of ether oxygens (including phenoxy) is 1. The number of rotatable bonds is 1. The molecule has 0 amide bonds. The van der Waals surface area contributed by atoms with Crippen LogP contribution in [0.3, 0.4) is 0 Å². The molecular weight excluding hydrogens is 268 g/mol. The first-order valence-electron chi connectivity index (χ1n) is 5.21. The Morgan fingerprint density at radius 3 is 2.00 bits per heavy atom. The minimum absolute atomic E-state index is 0.214. The van der Waals surface area contributed by atoms with Gasteiger partial charge in [-0.25, -0.2) is 0 Å². The zero-order chi connectivity index (χ0) is 12.5. The van der Waals surface area contributed by atoms with Crippen molar-refractivity contribution in [2.45, 2.75) is 34.6 Å². The third kappa shape index (κ3) is 3.08. The summed E-state index contributed by atoms with van der Waals surface area (Å²) in [5.74, 6) is 0.395. The van der Waals surface area contributed by atoms with Gasteiger partial charge in [0.05, 0.1) is 5.41 Å². The van der Waals surface area contributed by atoms with Crippen LogP contribution in [-0.4, -0.2) is 5.97 Å². The highest BCUT2D eigenvalue weighted by Gasteiger charge is 2.23. The van der Waals surface area contributed by atoms with Gasteiger partial charge >= 0.3 is 5.97 Å². The van der Waals surface area contributed by atoms with Crippen LogP contribution in [0.2, 0.25) is 0 Å². The highest BCUT2D eigenvalue weighted by atomic mass is 79.9. The lowest BCUT2D eigenvalue weighted by Gasteiger charge is -2.17. The lowest BCUT2D eigenvalue weighted by molar-refractivity contribution is -0.142. The number of halogens is 1. The Hall–Kier alpha value is -0.830. The Labute approximate surface area is 105 Å². The highest BCUT2D eigenvalue weighted by molar-refractivity contribution is 9.10. The monoisotopic (exact) mass is 284 g/mol. The van der Waals surface area contributed by atoms with E-state index in [1.807, 2.05) is 46.8 Å². The first-order chi connectivity index (χ1) is 7.21. The summed E-state index contributed by atoms with van der Waals surface area (Å²) in [4.78, 5) is 11.7. The molecule has 3 heteroatoms. The van der Waals surface area contributed by atoms with Crippen molar-refractivity contribution >= 4 is 21.9 Å². The molecule has 0 saturated carbocycles. The van der Waals surface area contributed by atoms with Gasteiger partial charge in [-0.1, -0.05) is 15.9 Å². The first-order valence-corrected chi connectivity index (χ1v) is 6.00. The molecule has 0 aliphatic heterocycles. The van der Waals surface area contributed by atoms with E-state index >= 15 is 0 Å². The van der Waals surface area contributed by atoms with E-state index in [4.69, 9.17) is 4.74 Å². The molecule has 0 saturated heterocycles. The van der Waals surface area contributed by atoms with Crippen molar-refractivity contribution in [3.8, 4) is 5.75 Å². The van der Waals surface area contributed by atoms with Crippen LogP contribution in [0.5, 0.6) is 5.75 Å². The molecule has 0 N–H and O–H groups in total. The summed E-state index contributed by atoms with van der Waals surface area (Å²) in [6, 6.07) is 3.72. The van der Waals surface area contributed by atoms with Gasteiger partial charge in [-0.2, -0.15) is 0 Å². The van der Waals surface area contributed by atoms with E-state index in [1.54, 1.807) is 0 Å². The largest absolute Gasteiger partial charge is 0.426 e. The fourth-order valence-electron chi connectivity index (χ4n) is 1.23. The molecule has 0 unspecified atom stereocenters. The molecule has 0 heterocycles. The maximum Gasteiger partial charge on any atom is 0.316 e. The van der Waals surface area contributed by atoms with Gasteiger partial charge in [-0.05, 0) is 57.9 Å². The summed E-state index contributed by atoms with van der Waals surface area (Å²) < 4.78 is 6.39. The molecule has 1 aromatic rings. The van der Waals surface area contributed by atoms with E-state index in [2.05, 4.69) is 15.9 Å². The van der Waals surface area contributed by atoms with Gasteiger partial charge in [-0.15, -0.1) is 0 Å². The number of carbonyl (C=O) groups excluding carboxylic acids is 1. The van der Waals surface area contributed by atoms with Crippen molar-refractivity contribution in [3.63, 3.8) is 0 Å². The maximum absolute atomic E-state index is 11.7. The van der Waals surface area contributed by atoms with E-state index in [0.29, 0.717) is 5.75 Å². The summed E-state index contributed by atoms with van der Waals surface area (Å²) in [7, 11) is 0. The molecule has 1 aromatic carbocycles. The van der Waals surface area contributed by atoms with Crippen LogP contribution in [0.15, 0.2) is 16.6 Å². The smallest absolute Gasteiger partial charge is 0.316 e. The predicted molar refractivity (Wildman–Crippen MR) is 68.7 cm³/mol. The number of carbonyl (C=O) groups is 1. The molecule has 2 nitrogen and oxygen atoms in total. The van der Waals surface area contributed by atoms with Gasteiger partial charge < -0.3 is 4.74 Å². The third-order valence-corrected chi connectivity index (χ3v) is 3.48. The summed E-state index contributed by atoms with van der Waals surface area (Å²) in [5.41, 5.74) is 1.66. The molecule has 1 rings (SSSR count). The van der Waals surface area contributed by atoms with Crippen LogP contribution in [0, 0.1) is 19.3 Å². The van der Waals surface area contributed by atoms with Crippen LogP contribution in [0.4, 0.5) is 0 Å². The van der Waals surface area contributed by atoms with E-state index in [-0.39, 0.29) is 5.97 Å². The molecular formula is C13H17BrO2. The molecule has 0 bridgehead atoms. The molecule has 16 heavy (non-hydrogen) atoms. The van der Waals surface area contributed by atoms with Gasteiger partial charge in [0.2, 0.25) is 0 Å². The van der Waals surface area contributed by atoms with Crippen LogP contribution >= 0.6 is 15.9 Å². The average molecular weight is 285 g/mol. The second kappa shape index (κ2) is 4.58. The molecule has 0 radical (unpaired) electrons. The molecule has 88 valence electrons. The van der Waals surface area contributed by atoms with E-state index in [0.717, 1.165) is 15.6 Å². The van der Waals surface area contributed by atoms with E-state index < -0.39 is 5.41 Å². The lowest BCUT2D eigenvalue weighted by Crippen LogP contribution is -2.25. The van der Waals surface area contributed by atoms with Crippen LogP contribution in [0.1, 0.15) is 31.9 Å². The van der Waals surface area contributed by atoms with Gasteiger partial charge in [0.15, 0.2) is 0 Å². The second-order valence-corrected chi connectivity index (χ2v) is 5.80. The summed E-state index contributed by atoms with van der Waals surface area (Å²) in [6.45, 7) is 9.48. The van der Waals surface area contributed by atoms with Crippen molar-refractivity contribution in [2.24, 2.45) is 5.41 Å². The van der Waals surface area contributed by atoms with Crippen LogP contribution < -0.4 is 4.74 Å². The minimum atomic E-state index is -0.477. The van der Waals surface area contributed by atoms with Crippen molar-refractivity contribution in [1.82, 2.24) is 0 Å². The van der Waals surface area contributed by atoms with Gasteiger partial charge in [-0.3, -0.25) is 4.79 Å². The Kier molecular flexibility index (Phi) is 3.79. The van der Waals surface area contributed by atoms with Crippen molar-refractivity contribution in [3.05, 3.63) is 27.7 Å². The number of hydrogen-bond donors (Lipinski definition) is 0. The summed E-state index contributed by atoms with van der Waals surface area (Å²) >= 11 is 3.48. The van der Waals surface area contributed by atoms with Gasteiger partial charge in [0.1, 0.15) is 5.75 Å². The molecule has 0 aliphatic rings. The average Bonchev–Trinajstić information content (AvgIpc) is 2.12. The fourth-order valence-corrected chi connectivity index (χ4v) is 1.45. The van der Waals surface area contributed by atoms with Gasteiger partial charge in [0.25, 0.3) is 0 Å². The lowest BCUT2D eigenvalue weighted by atomic mass is 9.97. The van der Waals surface area contributed by atoms with Crippen LogP contribution in [0.25, 0.3) is 0 Å². The zero-order valence-electron chi connectivity index (χ0n) is 10.3. The molecule has 0 atom stereocenters. The standard InChI is InChI=1S/C13H17BrO2/c1-8-6-10(7-9(2)11(8)14)16-12(15)13(3,4)5/h6-7H,1-5H3. The predicted octanol–water partition coefficient (Wildman–Crippen LogP) is 4.02. The number of esters is 1. The Morgan fingerprint density at radius 2 is 1.62 bits per heavy atom. The van der Waals surface area contributed by atoms with Crippen molar-refractivity contribution < 1.29 is 9.53 Å². The second-order valence-electron chi connectivity index (χ2n) is 5.01. The van der Waals surface area contributed by atoms with Crippen molar-refractivity contribution in [1.29, 1.82) is 0 Å². The SMILES string of the molecule is Cc1cc(OC(=O)C(C)(C)C)cc(C)c1Br. The third-order valence-electron chi connectivity index (χ3n) is 2.23. The number of hydrogen-bond acceptors (Lipinski definition) is 2. The quantitative estimate of drug-likeness (QED) is 0.575. The normalized spacial score (nSPS) is 11.4. The molecule has 0 aromatic heterocycles. The zero-order valence-corrected chi connectivity index (χ0v) is 11.9. The summed E-state index contributed by atoms with van der Waals surface area (Å²) in [5, 5.41) is 0.